The molecule has 1 aliphatic heterocycles. The van der Waals surface area contributed by atoms with Gasteiger partial charge < -0.3 is 9.64 Å². The Kier molecular flexibility index (Phi) is 5.24. The van der Waals surface area contributed by atoms with Crippen molar-refractivity contribution in [3.63, 3.8) is 0 Å². The highest BCUT2D eigenvalue weighted by Gasteiger charge is 2.29. The fourth-order valence-corrected chi connectivity index (χ4v) is 4.52. The van der Waals surface area contributed by atoms with Crippen LogP contribution >= 0.6 is 0 Å². The number of methoxy groups -OCH3 is 1. The minimum Gasteiger partial charge on any atom is -0.495 e. The minimum absolute atomic E-state index is 0.151. The van der Waals surface area contributed by atoms with Gasteiger partial charge >= 0.3 is 0 Å². The molecule has 6 nitrogen and oxygen atoms in total. The first kappa shape index (κ1) is 17.7. The molecule has 7 heteroatoms. The van der Waals surface area contributed by atoms with Crippen molar-refractivity contribution in [2.24, 2.45) is 0 Å². The maximum atomic E-state index is 12.9. The van der Waals surface area contributed by atoms with E-state index in [-0.39, 0.29) is 10.9 Å². The van der Waals surface area contributed by atoms with Gasteiger partial charge in [-0.2, -0.15) is 0 Å². The van der Waals surface area contributed by atoms with Crippen molar-refractivity contribution < 1.29 is 13.2 Å². The first-order chi connectivity index (χ1) is 12.0. The number of nitrogens with zero attached hydrogens (tertiary/aromatic N) is 2. The standard InChI is InChI=1S/C18H23N3O3S/c1-3-14-7-8-16(24-2)17(12-14)25(22,23)20-15-9-11-21(13-15)18-6-4-5-10-19-18/h4-8,10,12,15,20H,3,9,11,13H2,1-2H3. The molecule has 0 aliphatic carbocycles. The molecule has 1 aromatic heterocycles. The Morgan fingerprint density at radius 3 is 2.84 bits per heavy atom. The fraction of sp³-hybridized carbons (Fsp3) is 0.389. The molecule has 1 aliphatic rings. The van der Waals surface area contributed by atoms with E-state index in [0.29, 0.717) is 12.3 Å². The number of anilines is 1. The molecule has 25 heavy (non-hydrogen) atoms. The SMILES string of the molecule is CCc1ccc(OC)c(S(=O)(=O)NC2CCN(c3ccccn3)C2)c1. The molecule has 0 radical (unpaired) electrons. The third-order valence-electron chi connectivity index (χ3n) is 4.41. The van der Waals surface area contributed by atoms with Gasteiger partial charge in [0.2, 0.25) is 10.0 Å². The van der Waals surface area contributed by atoms with Crippen molar-refractivity contribution in [2.45, 2.75) is 30.7 Å². The molecule has 1 fully saturated rings. The summed E-state index contributed by atoms with van der Waals surface area (Å²) in [4.78, 5) is 6.62. The highest BCUT2D eigenvalue weighted by atomic mass is 32.2. The first-order valence-corrected chi connectivity index (χ1v) is 9.87. The summed E-state index contributed by atoms with van der Waals surface area (Å²) in [6.07, 6.45) is 3.25. The normalized spacial score (nSPS) is 17.7. The van der Waals surface area contributed by atoms with E-state index < -0.39 is 10.0 Å². The van der Waals surface area contributed by atoms with E-state index in [9.17, 15) is 8.42 Å². The lowest BCUT2D eigenvalue weighted by molar-refractivity contribution is 0.402. The monoisotopic (exact) mass is 361 g/mol. The molecule has 3 rings (SSSR count). The lowest BCUT2D eigenvalue weighted by atomic mass is 10.2. The zero-order valence-corrected chi connectivity index (χ0v) is 15.3. The Bertz CT molecular complexity index is 825. The van der Waals surface area contributed by atoms with Crippen molar-refractivity contribution in [3.8, 4) is 5.75 Å². The van der Waals surface area contributed by atoms with Gasteiger partial charge in [-0.1, -0.05) is 19.1 Å². The zero-order valence-electron chi connectivity index (χ0n) is 14.5. The highest BCUT2D eigenvalue weighted by molar-refractivity contribution is 7.89. The van der Waals surface area contributed by atoms with E-state index in [1.54, 1.807) is 18.3 Å². The summed E-state index contributed by atoms with van der Waals surface area (Å²) >= 11 is 0. The average Bonchev–Trinajstić information content (AvgIpc) is 3.09. The Hall–Kier alpha value is -2.12. The summed E-state index contributed by atoms with van der Waals surface area (Å²) in [5.74, 6) is 1.24. The van der Waals surface area contributed by atoms with Crippen molar-refractivity contribution in [1.29, 1.82) is 0 Å². The summed E-state index contributed by atoms with van der Waals surface area (Å²) in [7, 11) is -2.16. The van der Waals surface area contributed by atoms with Crippen LogP contribution in [0.1, 0.15) is 18.9 Å². The summed E-state index contributed by atoms with van der Waals surface area (Å²) in [5, 5.41) is 0. The second-order valence-electron chi connectivity index (χ2n) is 6.08. The van der Waals surface area contributed by atoms with Gasteiger partial charge in [0.05, 0.1) is 7.11 Å². The number of nitrogens with one attached hydrogen (secondary N) is 1. The lowest BCUT2D eigenvalue weighted by Gasteiger charge is -2.18. The largest absolute Gasteiger partial charge is 0.495 e. The summed E-state index contributed by atoms with van der Waals surface area (Å²) < 4.78 is 33.8. The van der Waals surface area contributed by atoms with Crippen LogP contribution in [0.2, 0.25) is 0 Å². The average molecular weight is 361 g/mol. The van der Waals surface area contributed by atoms with Crippen LogP contribution in [-0.4, -0.2) is 39.6 Å². The smallest absolute Gasteiger partial charge is 0.244 e. The predicted octanol–water partition coefficient (Wildman–Crippen LogP) is 2.21. The Labute approximate surface area is 148 Å². The number of aryl methyl sites for hydroxylation is 1. The van der Waals surface area contributed by atoms with Gasteiger partial charge in [0.15, 0.2) is 0 Å². The molecule has 1 aromatic carbocycles. The number of hydrogen-bond donors (Lipinski definition) is 1. The fourth-order valence-electron chi connectivity index (χ4n) is 3.04. The quantitative estimate of drug-likeness (QED) is 0.854. The molecule has 134 valence electrons. The molecular formula is C18H23N3O3S. The molecule has 1 N–H and O–H groups in total. The van der Waals surface area contributed by atoms with Gasteiger partial charge in [-0.05, 0) is 42.7 Å². The summed E-state index contributed by atoms with van der Waals surface area (Å²) in [6.45, 7) is 3.37. The van der Waals surface area contributed by atoms with E-state index in [0.717, 1.165) is 30.8 Å². The van der Waals surface area contributed by atoms with Crippen LogP contribution in [0.3, 0.4) is 0 Å². The first-order valence-electron chi connectivity index (χ1n) is 8.38. The van der Waals surface area contributed by atoms with Gasteiger partial charge in [0.1, 0.15) is 16.5 Å². The van der Waals surface area contributed by atoms with Gasteiger partial charge in [-0.15, -0.1) is 0 Å². The van der Waals surface area contributed by atoms with Crippen molar-refractivity contribution in [1.82, 2.24) is 9.71 Å². The second kappa shape index (κ2) is 7.41. The molecule has 0 saturated carbocycles. The number of benzene rings is 1. The van der Waals surface area contributed by atoms with Gasteiger partial charge in [-0.3, -0.25) is 0 Å². The molecule has 1 saturated heterocycles. The van der Waals surface area contributed by atoms with E-state index >= 15 is 0 Å². The van der Waals surface area contributed by atoms with E-state index in [1.165, 1.54) is 7.11 Å². The van der Waals surface area contributed by atoms with Gasteiger partial charge in [0, 0.05) is 25.3 Å². The number of sulfonamides is 1. The third kappa shape index (κ3) is 3.93. The van der Waals surface area contributed by atoms with Crippen LogP contribution < -0.4 is 14.4 Å². The van der Waals surface area contributed by atoms with Crippen LogP contribution in [-0.2, 0) is 16.4 Å². The molecule has 1 atom stereocenters. The minimum atomic E-state index is -3.65. The highest BCUT2D eigenvalue weighted by Crippen LogP contribution is 2.26. The molecular weight excluding hydrogens is 338 g/mol. The second-order valence-corrected chi connectivity index (χ2v) is 7.76. The summed E-state index contributed by atoms with van der Waals surface area (Å²) in [5.41, 5.74) is 0.961. The van der Waals surface area contributed by atoms with E-state index in [1.807, 2.05) is 31.2 Å². The van der Waals surface area contributed by atoms with Crippen molar-refractivity contribution in [3.05, 3.63) is 48.2 Å². The Morgan fingerprint density at radius 1 is 1.32 bits per heavy atom. The maximum Gasteiger partial charge on any atom is 0.244 e. The number of hydrogen-bond acceptors (Lipinski definition) is 5. The van der Waals surface area contributed by atoms with E-state index in [2.05, 4.69) is 14.6 Å². The number of pyridine rings is 1. The Morgan fingerprint density at radius 2 is 2.16 bits per heavy atom. The van der Waals surface area contributed by atoms with Crippen LogP contribution in [0.4, 0.5) is 5.82 Å². The molecule has 0 amide bonds. The van der Waals surface area contributed by atoms with Gasteiger partial charge in [-0.25, -0.2) is 18.1 Å². The maximum absolute atomic E-state index is 12.9. The molecule has 1 unspecified atom stereocenters. The molecule has 2 heterocycles. The summed E-state index contributed by atoms with van der Waals surface area (Å²) in [6, 6.07) is 10.9. The molecule has 0 spiro atoms. The number of ether oxygens (including phenoxy) is 1. The van der Waals surface area contributed by atoms with Crippen LogP contribution in [0.25, 0.3) is 0 Å². The zero-order chi connectivity index (χ0) is 17.9. The van der Waals surface area contributed by atoms with Gasteiger partial charge in [0.25, 0.3) is 0 Å². The van der Waals surface area contributed by atoms with E-state index in [4.69, 9.17) is 4.74 Å². The lowest BCUT2D eigenvalue weighted by Crippen LogP contribution is -2.37. The van der Waals surface area contributed by atoms with Crippen LogP contribution in [0, 0.1) is 0 Å². The predicted molar refractivity (Wildman–Crippen MR) is 97.5 cm³/mol. The topological polar surface area (TPSA) is 71.5 Å². The van der Waals surface area contributed by atoms with Crippen LogP contribution in [0.15, 0.2) is 47.5 Å². The number of aromatic nitrogens is 1. The molecule has 2 aromatic rings. The molecule has 0 bridgehead atoms. The van der Waals surface area contributed by atoms with Crippen LogP contribution in [0.5, 0.6) is 5.75 Å². The van der Waals surface area contributed by atoms with Crippen molar-refractivity contribution in [2.75, 3.05) is 25.1 Å². The van der Waals surface area contributed by atoms with Crippen molar-refractivity contribution >= 4 is 15.8 Å². The third-order valence-corrected chi connectivity index (χ3v) is 5.95. The number of rotatable bonds is 6. The Balaban J connectivity index is 1.76.